The van der Waals surface area contributed by atoms with Crippen molar-refractivity contribution < 1.29 is 9.53 Å². The van der Waals surface area contributed by atoms with Gasteiger partial charge in [-0.15, -0.1) is 11.3 Å². The number of amides is 1. The maximum absolute atomic E-state index is 12.2. The molecule has 7 nitrogen and oxygen atoms in total. The van der Waals surface area contributed by atoms with Crippen LogP contribution in [0.4, 0.5) is 0 Å². The van der Waals surface area contributed by atoms with Crippen molar-refractivity contribution in [3.63, 3.8) is 0 Å². The summed E-state index contributed by atoms with van der Waals surface area (Å²) in [4.78, 5) is 18.7. The van der Waals surface area contributed by atoms with Crippen molar-refractivity contribution in [1.82, 2.24) is 25.0 Å². The molecule has 0 unspecified atom stereocenters. The van der Waals surface area contributed by atoms with Crippen molar-refractivity contribution in [3.8, 4) is 0 Å². The Morgan fingerprint density at radius 3 is 3.08 bits per heavy atom. The van der Waals surface area contributed by atoms with Crippen LogP contribution in [0.3, 0.4) is 0 Å². The van der Waals surface area contributed by atoms with E-state index >= 15 is 0 Å². The Kier molecular flexibility index (Phi) is 5.09. The zero-order valence-corrected chi connectivity index (χ0v) is 15.0. The van der Waals surface area contributed by atoms with E-state index in [9.17, 15) is 4.79 Å². The van der Waals surface area contributed by atoms with Crippen molar-refractivity contribution in [2.24, 2.45) is 5.92 Å². The fraction of sp³-hybridized carbons (Fsp3) is 0.588. The molecule has 2 aliphatic rings. The molecule has 2 aromatic rings. The predicted molar refractivity (Wildman–Crippen MR) is 94.5 cm³/mol. The summed E-state index contributed by atoms with van der Waals surface area (Å²) in [6.07, 6.45) is 4.13. The molecule has 0 bridgehead atoms. The lowest BCUT2D eigenvalue weighted by Crippen LogP contribution is -2.45. The summed E-state index contributed by atoms with van der Waals surface area (Å²) in [6.45, 7) is 5.24. The average Bonchev–Trinajstić information content (AvgIpc) is 3.32. The van der Waals surface area contributed by atoms with Crippen molar-refractivity contribution in [2.75, 3.05) is 32.8 Å². The minimum absolute atomic E-state index is 0.114. The quantitative estimate of drug-likeness (QED) is 0.875. The van der Waals surface area contributed by atoms with Gasteiger partial charge in [-0.3, -0.25) is 14.4 Å². The number of nitrogens with one attached hydrogen (secondary N) is 1. The minimum Gasteiger partial charge on any atom is -0.381 e. The molecule has 0 spiro atoms. The topological polar surface area (TPSA) is 72.3 Å². The van der Waals surface area contributed by atoms with Gasteiger partial charge < -0.3 is 10.1 Å². The molecule has 134 valence electrons. The Balaban J connectivity index is 1.39. The first kappa shape index (κ1) is 16.7. The number of hydrogen-bond donors (Lipinski definition) is 1. The zero-order valence-electron chi connectivity index (χ0n) is 14.1. The van der Waals surface area contributed by atoms with Crippen LogP contribution in [0, 0.1) is 5.92 Å². The highest BCUT2D eigenvalue weighted by molar-refractivity contribution is 7.07. The Morgan fingerprint density at radius 1 is 1.40 bits per heavy atom. The molecule has 4 rings (SSSR count). The van der Waals surface area contributed by atoms with Gasteiger partial charge in [0.2, 0.25) is 0 Å². The van der Waals surface area contributed by atoms with Gasteiger partial charge in [-0.2, -0.15) is 5.10 Å². The first-order chi connectivity index (χ1) is 12.3. The van der Waals surface area contributed by atoms with Gasteiger partial charge in [0.1, 0.15) is 5.69 Å². The highest BCUT2D eigenvalue weighted by Gasteiger charge is 2.28. The Labute approximate surface area is 151 Å². The maximum Gasteiger partial charge on any atom is 0.270 e. The highest BCUT2D eigenvalue weighted by Crippen LogP contribution is 2.23. The van der Waals surface area contributed by atoms with E-state index in [4.69, 9.17) is 4.74 Å². The summed E-state index contributed by atoms with van der Waals surface area (Å²) < 4.78 is 7.53. The lowest BCUT2D eigenvalue weighted by atomic mass is 9.99. The van der Waals surface area contributed by atoms with Crippen LogP contribution in [0.5, 0.6) is 0 Å². The molecule has 0 aliphatic carbocycles. The Hall–Kier alpha value is -1.77. The maximum atomic E-state index is 12.2. The largest absolute Gasteiger partial charge is 0.381 e. The first-order valence-corrected chi connectivity index (χ1v) is 9.73. The molecule has 8 heteroatoms. The van der Waals surface area contributed by atoms with Gasteiger partial charge in [0.05, 0.1) is 17.2 Å². The number of rotatable bonds is 5. The molecule has 25 heavy (non-hydrogen) atoms. The van der Waals surface area contributed by atoms with Gasteiger partial charge >= 0.3 is 0 Å². The molecule has 1 atom stereocenters. The van der Waals surface area contributed by atoms with E-state index in [2.05, 4.69) is 31.0 Å². The molecular formula is C17H23N5O2S. The van der Waals surface area contributed by atoms with Crippen molar-refractivity contribution in [3.05, 3.63) is 34.5 Å². The zero-order chi connectivity index (χ0) is 17.1. The van der Waals surface area contributed by atoms with Gasteiger partial charge in [-0.05, 0) is 24.8 Å². The Bertz CT molecular complexity index is 696. The van der Waals surface area contributed by atoms with Crippen molar-refractivity contribution in [2.45, 2.75) is 25.4 Å². The van der Waals surface area contributed by atoms with E-state index in [0.29, 0.717) is 18.2 Å². The lowest BCUT2D eigenvalue weighted by molar-refractivity contribution is 0.0446. The molecule has 0 aromatic carbocycles. The SMILES string of the molecule is O=C(NC[C@@H]1CN(CC2CCOCC2)Cc2ccnn21)c1cscn1. The first-order valence-electron chi connectivity index (χ1n) is 8.78. The molecule has 0 radical (unpaired) electrons. The molecule has 4 heterocycles. The molecule has 2 aromatic heterocycles. The number of thiazole rings is 1. The van der Waals surface area contributed by atoms with Crippen LogP contribution in [0.2, 0.25) is 0 Å². The molecule has 2 aliphatic heterocycles. The van der Waals surface area contributed by atoms with Gasteiger partial charge in [0, 0.05) is 51.0 Å². The molecule has 1 saturated heterocycles. The predicted octanol–water partition coefficient (Wildman–Crippen LogP) is 1.55. The third-order valence-corrected chi connectivity index (χ3v) is 5.56. The van der Waals surface area contributed by atoms with Crippen LogP contribution < -0.4 is 5.32 Å². The molecule has 1 fully saturated rings. The standard InChI is InChI=1S/C17H23N5O2S/c23-17(16-11-25-12-19-16)18-7-15-10-21(8-13-2-5-24-6-3-13)9-14-1-4-20-22(14)15/h1,4,11-13,15H,2-3,5-10H2,(H,18,23)/t15-/m1/s1. The summed E-state index contributed by atoms with van der Waals surface area (Å²) in [5.74, 6) is 0.588. The van der Waals surface area contributed by atoms with Crippen molar-refractivity contribution in [1.29, 1.82) is 0 Å². The van der Waals surface area contributed by atoms with Crippen LogP contribution in [-0.4, -0.2) is 58.4 Å². The molecule has 1 amide bonds. The number of ether oxygens (including phenoxy) is 1. The van der Waals surface area contributed by atoms with E-state index in [-0.39, 0.29) is 11.9 Å². The summed E-state index contributed by atoms with van der Waals surface area (Å²) in [5.41, 5.74) is 3.38. The number of hydrogen-bond acceptors (Lipinski definition) is 6. The minimum atomic E-state index is -0.114. The van der Waals surface area contributed by atoms with Crippen LogP contribution in [0.25, 0.3) is 0 Å². The van der Waals surface area contributed by atoms with Crippen molar-refractivity contribution >= 4 is 17.2 Å². The second-order valence-electron chi connectivity index (χ2n) is 6.75. The van der Waals surface area contributed by atoms with E-state index in [0.717, 1.165) is 45.7 Å². The van der Waals surface area contributed by atoms with E-state index in [1.54, 1.807) is 10.9 Å². The third kappa shape index (κ3) is 3.91. The second-order valence-corrected chi connectivity index (χ2v) is 7.47. The molecule has 1 N–H and O–H groups in total. The number of fused-ring (bicyclic) bond motifs is 1. The molecule has 0 saturated carbocycles. The van der Waals surface area contributed by atoms with Crippen LogP contribution in [0.15, 0.2) is 23.2 Å². The fourth-order valence-electron chi connectivity index (χ4n) is 3.67. The highest BCUT2D eigenvalue weighted by atomic mass is 32.1. The van der Waals surface area contributed by atoms with Gasteiger partial charge in [-0.1, -0.05) is 0 Å². The molecular weight excluding hydrogens is 338 g/mol. The fourth-order valence-corrected chi connectivity index (χ4v) is 4.21. The van der Waals surface area contributed by atoms with Gasteiger partial charge in [0.15, 0.2) is 0 Å². The second kappa shape index (κ2) is 7.63. The van der Waals surface area contributed by atoms with Crippen LogP contribution in [-0.2, 0) is 11.3 Å². The number of nitrogens with zero attached hydrogens (tertiary/aromatic N) is 4. The number of carbonyl (C=O) groups excluding carboxylic acids is 1. The lowest BCUT2D eigenvalue weighted by Gasteiger charge is -2.36. The summed E-state index contributed by atoms with van der Waals surface area (Å²) in [5, 5.41) is 9.24. The van der Waals surface area contributed by atoms with E-state index < -0.39 is 0 Å². The van der Waals surface area contributed by atoms with E-state index in [1.807, 2.05) is 6.20 Å². The number of aromatic nitrogens is 3. The summed E-state index contributed by atoms with van der Waals surface area (Å²) in [7, 11) is 0. The normalized spacial score (nSPS) is 21.8. The average molecular weight is 361 g/mol. The third-order valence-electron chi connectivity index (χ3n) is 4.97. The summed E-state index contributed by atoms with van der Waals surface area (Å²) >= 11 is 1.43. The number of carbonyl (C=O) groups is 1. The Morgan fingerprint density at radius 2 is 2.28 bits per heavy atom. The monoisotopic (exact) mass is 361 g/mol. The van der Waals surface area contributed by atoms with Gasteiger partial charge in [0.25, 0.3) is 5.91 Å². The summed E-state index contributed by atoms with van der Waals surface area (Å²) in [6, 6.07) is 2.23. The van der Waals surface area contributed by atoms with Crippen LogP contribution in [0.1, 0.15) is 35.1 Å². The van der Waals surface area contributed by atoms with E-state index in [1.165, 1.54) is 17.0 Å². The van der Waals surface area contributed by atoms with Crippen LogP contribution >= 0.6 is 11.3 Å². The smallest absolute Gasteiger partial charge is 0.270 e. The van der Waals surface area contributed by atoms with Gasteiger partial charge in [-0.25, -0.2) is 4.98 Å².